The summed E-state index contributed by atoms with van der Waals surface area (Å²) in [7, 11) is -4.38. The summed E-state index contributed by atoms with van der Waals surface area (Å²) in [6, 6.07) is 2.18. The quantitative estimate of drug-likeness (QED) is 0.870. The predicted molar refractivity (Wildman–Crippen MR) is 86.3 cm³/mol. The van der Waals surface area contributed by atoms with E-state index >= 15 is 0 Å². The molecule has 2 rings (SSSR count). The lowest BCUT2D eigenvalue weighted by molar-refractivity contribution is -0.140. The highest BCUT2D eigenvalue weighted by Crippen LogP contribution is 2.22. The first-order valence-corrected chi connectivity index (χ1v) is 9.32. The minimum absolute atomic E-state index is 0.0438. The van der Waals surface area contributed by atoms with Crippen molar-refractivity contribution in [3.8, 4) is 0 Å². The highest BCUT2D eigenvalue weighted by Gasteiger charge is 2.37. The number of halogens is 2. The van der Waals surface area contributed by atoms with Crippen LogP contribution in [0.2, 0.25) is 5.02 Å². The van der Waals surface area contributed by atoms with Gasteiger partial charge < -0.3 is 4.90 Å². The van der Waals surface area contributed by atoms with E-state index in [4.69, 9.17) is 11.6 Å². The van der Waals surface area contributed by atoms with Gasteiger partial charge >= 0.3 is 0 Å². The standard InChI is InChI=1S/C15H18ClFN2O4S/c1-9(2)15(21)19-7-3-4-12(19)14(20)18-24(22,23)13-6-5-10(16)8-11(13)17/h5-6,8-9,12H,3-4,7H2,1-2H3,(H,18,20). The normalized spacial score (nSPS) is 18.0. The molecule has 0 aromatic heterocycles. The Hall–Kier alpha value is -1.67. The number of carbonyl (C=O) groups excluding carboxylic acids is 2. The average Bonchev–Trinajstić information content (AvgIpc) is 2.94. The van der Waals surface area contributed by atoms with Gasteiger partial charge in [0.1, 0.15) is 16.8 Å². The van der Waals surface area contributed by atoms with Gasteiger partial charge in [-0.15, -0.1) is 0 Å². The molecule has 1 saturated heterocycles. The van der Waals surface area contributed by atoms with E-state index in [1.165, 1.54) is 11.0 Å². The molecule has 1 aliphatic rings. The zero-order chi connectivity index (χ0) is 18.1. The van der Waals surface area contributed by atoms with Gasteiger partial charge in [-0.2, -0.15) is 0 Å². The molecule has 1 N–H and O–H groups in total. The molecule has 132 valence electrons. The lowest BCUT2D eigenvalue weighted by Crippen LogP contribution is -2.48. The number of sulfonamides is 1. The van der Waals surface area contributed by atoms with Gasteiger partial charge in [0.25, 0.3) is 15.9 Å². The van der Waals surface area contributed by atoms with Crippen LogP contribution in [0.1, 0.15) is 26.7 Å². The smallest absolute Gasteiger partial charge is 0.267 e. The molecule has 1 unspecified atom stereocenters. The van der Waals surface area contributed by atoms with Gasteiger partial charge in [-0.3, -0.25) is 9.59 Å². The number of likely N-dealkylation sites (tertiary alicyclic amines) is 1. The van der Waals surface area contributed by atoms with E-state index in [2.05, 4.69) is 0 Å². The van der Waals surface area contributed by atoms with Gasteiger partial charge in [-0.25, -0.2) is 17.5 Å². The first-order valence-electron chi connectivity index (χ1n) is 7.45. The summed E-state index contributed by atoms with van der Waals surface area (Å²) in [5, 5.41) is 0.0438. The molecular weight excluding hydrogens is 359 g/mol. The Morgan fingerprint density at radius 1 is 1.38 bits per heavy atom. The van der Waals surface area contributed by atoms with Crippen LogP contribution in [0.15, 0.2) is 23.1 Å². The van der Waals surface area contributed by atoms with Crippen molar-refractivity contribution in [1.82, 2.24) is 9.62 Å². The van der Waals surface area contributed by atoms with E-state index in [9.17, 15) is 22.4 Å². The highest BCUT2D eigenvalue weighted by atomic mass is 35.5. The van der Waals surface area contributed by atoms with Crippen molar-refractivity contribution in [3.05, 3.63) is 29.0 Å². The zero-order valence-electron chi connectivity index (χ0n) is 13.3. The third-order valence-corrected chi connectivity index (χ3v) is 5.37. The summed E-state index contributed by atoms with van der Waals surface area (Å²) < 4.78 is 40.1. The molecule has 1 aromatic rings. The Morgan fingerprint density at radius 2 is 2.04 bits per heavy atom. The SMILES string of the molecule is CC(C)C(=O)N1CCCC1C(=O)NS(=O)(=O)c1ccc(Cl)cc1F. The summed E-state index contributed by atoms with van der Waals surface area (Å²) in [4.78, 5) is 25.1. The van der Waals surface area contributed by atoms with Crippen LogP contribution in [-0.4, -0.2) is 37.7 Å². The van der Waals surface area contributed by atoms with Gasteiger partial charge in [0.05, 0.1) is 0 Å². The maximum absolute atomic E-state index is 13.8. The van der Waals surface area contributed by atoms with E-state index < -0.39 is 32.7 Å². The summed E-state index contributed by atoms with van der Waals surface area (Å²) in [6.07, 6.45) is 0.967. The van der Waals surface area contributed by atoms with E-state index in [0.29, 0.717) is 19.4 Å². The molecule has 0 spiro atoms. The fourth-order valence-electron chi connectivity index (χ4n) is 2.58. The maximum atomic E-state index is 13.8. The van der Waals surface area contributed by atoms with Gasteiger partial charge in [0.15, 0.2) is 0 Å². The summed E-state index contributed by atoms with van der Waals surface area (Å²) >= 11 is 5.59. The number of amides is 2. The number of rotatable bonds is 4. The molecule has 1 aliphatic heterocycles. The lowest BCUT2D eigenvalue weighted by atomic mass is 10.1. The first-order chi connectivity index (χ1) is 11.1. The molecule has 0 saturated carbocycles. The summed E-state index contributed by atoms with van der Waals surface area (Å²) in [5.74, 6) is -2.41. The highest BCUT2D eigenvalue weighted by molar-refractivity contribution is 7.90. The lowest BCUT2D eigenvalue weighted by Gasteiger charge is -2.25. The monoisotopic (exact) mass is 376 g/mol. The molecule has 2 amide bonds. The van der Waals surface area contributed by atoms with E-state index in [-0.39, 0.29) is 16.8 Å². The number of benzene rings is 1. The molecule has 9 heteroatoms. The Balaban J connectivity index is 2.20. The van der Waals surface area contributed by atoms with Gasteiger partial charge in [0, 0.05) is 17.5 Å². The van der Waals surface area contributed by atoms with Crippen LogP contribution in [-0.2, 0) is 19.6 Å². The molecule has 0 aliphatic carbocycles. The van der Waals surface area contributed by atoms with Crippen LogP contribution in [0.5, 0.6) is 0 Å². The summed E-state index contributed by atoms with van der Waals surface area (Å²) in [6.45, 7) is 3.80. The number of hydrogen-bond donors (Lipinski definition) is 1. The molecule has 1 fully saturated rings. The Bertz CT molecular complexity index is 767. The Kier molecular flexibility index (Phi) is 5.49. The second kappa shape index (κ2) is 7.06. The van der Waals surface area contributed by atoms with Gasteiger partial charge in [-0.05, 0) is 31.0 Å². The Morgan fingerprint density at radius 3 is 2.62 bits per heavy atom. The van der Waals surface area contributed by atoms with Crippen LogP contribution in [0, 0.1) is 11.7 Å². The van der Waals surface area contributed by atoms with Crippen molar-refractivity contribution in [2.24, 2.45) is 5.92 Å². The van der Waals surface area contributed by atoms with E-state index in [1.54, 1.807) is 13.8 Å². The molecule has 1 atom stereocenters. The molecule has 0 radical (unpaired) electrons. The van der Waals surface area contributed by atoms with Crippen molar-refractivity contribution < 1.29 is 22.4 Å². The van der Waals surface area contributed by atoms with Gasteiger partial charge in [-0.1, -0.05) is 25.4 Å². The number of nitrogens with zero attached hydrogens (tertiary/aromatic N) is 1. The van der Waals surface area contributed by atoms with Crippen LogP contribution in [0.3, 0.4) is 0 Å². The second-order valence-corrected chi connectivity index (χ2v) is 7.98. The zero-order valence-corrected chi connectivity index (χ0v) is 14.8. The van der Waals surface area contributed by atoms with Crippen molar-refractivity contribution in [2.45, 2.75) is 37.6 Å². The average molecular weight is 377 g/mol. The number of hydrogen-bond acceptors (Lipinski definition) is 4. The number of nitrogens with one attached hydrogen (secondary N) is 1. The van der Waals surface area contributed by atoms with Crippen LogP contribution < -0.4 is 4.72 Å². The van der Waals surface area contributed by atoms with E-state index in [0.717, 1.165) is 12.1 Å². The fraction of sp³-hybridized carbons (Fsp3) is 0.467. The third-order valence-electron chi connectivity index (χ3n) is 3.75. The minimum atomic E-state index is -4.38. The fourth-order valence-corrected chi connectivity index (χ4v) is 3.82. The van der Waals surface area contributed by atoms with Crippen LogP contribution >= 0.6 is 11.6 Å². The molecule has 1 aromatic carbocycles. The van der Waals surface area contributed by atoms with E-state index in [1.807, 2.05) is 4.72 Å². The second-order valence-electron chi connectivity index (χ2n) is 5.89. The third kappa shape index (κ3) is 3.87. The van der Waals surface area contributed by atoms with Crippen LogP contribution in [0.25, 0.3) is 0 Å². The molecular formula is C15H18ClFN2O4S. The molecule has 1 heterocycles. The first kappa shape index (κ1) is 18.7. The largest absolute Gasteiger partial charge is 0.330 e. The molecule has 0 bridgehead atoms. The predicted octanol–water partition coefficient (Wildman–Crippen LogP) is 1.93. The van der Waals surface area contributed by atoms with Crippen molar-refractivity contribution >= 4 is 33.4 Å². The summed E-state index contributed by atoms with van der Waals surface area (Å²) in [5.41, 5.74) is 0. The van der Waals surface area contributed by atoms with Crippen molar-refractivity contribution in [3.63, 3.8) is 0 Å². The van der Waals surface area contributed by atoms with Crippen LogP contribution in [0.4, 0.5) is 4.39 Å². The molecule has 24 heavy (non-hydrogen) atoms. The van der Waals surface area contributed by atoms with Gasteiger partial charge in [0.2, 0.25) is 5.91 Å². The van der Waals surface area contributed by atoms with Crippen molar-refractivity contribution in [1.29, 1.82) is 0 Å². The minimum Gasteiger partial charge on any atom is -0.330 e. The number of carbonyl (C=O) groups is 2. The van der Waals surface area contributed by atoms with Crippen molar-refractivity contribution in [2.75, 3.05) is 6.54 Å². The topological polar surface area (TPSA) is 83.6 Å². The maximum Gasteiger partial charge on any atom is 0.267 e. The Labute approximate surface area is 145 Å². The molecule has 6 nitrogen and oxygen atoms in total.